The number of carbonyl (C=O) groups is 2. The van der Waals surface area contributed by atoms with Gasteiger partial charge >= 0.3 is 12.2 Å². The molecular weight excluding hydrogens is 780 g/mol. The van der Waals surface area contributed by atoms with Gasteiger partial charge in [-0.25, -0.2) is 9.59 Å². The third-order valence-electron chi connectivity index (χ3n) is 11.1. The smallest absolute Gasteiger partial charge is 0.415 e. The lowest BCUT2D eigenvalue weighted by Crippen LogP contribution is -2.70. The number of fused-ring (bicyclic) bond motifs is 2. The first-order valence-electron chi connectivity index (χ1n) is 20.7. The number of nitro groups is 1. The Bertz CT molecular complexity index is 1820. The summed E-state index contributed by atoms with van der Waals surface area (Å²) in [7, 11) is 0. The second kappa shape index (κ2) is 22.5. The van der Waals surface area contributed by atoms with Crippen LogP contribution in [0.2, 0.25) is 0 Å². The van der Waals surface area contributed by atoms with Gasteiger partial charge in [0.1, 0.15) is 29.9 Å². The Kier molecular flexibility index (Phi) is 17.3. The molecule has 5 rings (SSSR count). The van der Waals surface area contributed by atoms with Crippen LogP contribution in [0.25, 0.3) is 0 Å². The van der Waals surface area contributed by atoms with E-state index in [0.717, 1.165) is 24.0 Å². The van der Waals surface area contributed by atoms with Crippen LogP contribution in [0, 0.1) is 27.9 Å². The maximum Gasteiger partial charge on any atom is 0.415 e. The molecule has 1 fully saturated rings. The minimum atomic E-state index is -1.62. The lowest BCUT2D eigenvalue weighted by atomic mass is 9.55. The third kappa shape index (κ3) is 10.8. The van der Waals surface area contributed by atoms with Crippen molar-refractivity contribution in [1.82, 2.24) is 10.2 Å². The van der Waals surface area contributed by atoms with E-state index in [2.05, 4.69) is 23.1 Å². The number of ether oxygens (including phenoxy) is 5. The van der Waals surface area contributed by atoms with E-state index < -0.39 is 34.9 Å². The van der Waals surface area contributed by atoms with Crippen LogP contribution in [0.3, 0.4) is 0 Å². The average Bonchev–Trinajstić information content (AvgIpc) is 3.24. The summed E-state index contributed by atoms with van der Waals surface area (Å²) in [5.74, 6) is -1.96. The van der Waals surface area contributed by atoms with Crippen molar-refractivity contribution in [2.45, 2.75) is 76.5 Å². The molecule has 1 aliphatic heterocycles. The molecule has 3 aliphatic rings. The fourth-order valence-electron chi connectivity index (χ4n) is 8.64. The topological polar surface area (TPSA) is 221 Å². The van der Waals surface area contributed by atoms with Crippen LogP contribution in [0.15, 0.2) is 71.9 Å². The van der Waals surface area contributed by atoms with Crippen molar-refractivity contribution in [3.8, 4) is 17.2 Å². The fraction of sp³-hybridized carbons (Fsp3) is 0.558. The van der Waals surface area contributed by atoms with Gasteiger partial charge < -0.3 is 49.2 Å². The summed E-state index contributed by atoms with van der Waals surface area (Å²) in [5, 5.41) is 47.9. The Balaban J connectivity index is 1.75. The molecule has 328 valence electrons. The quantitative estimate of drug-likeness (QED) is 0.0446. The molecule has 0 aromatic heterocycles. The zero-order chi connectivity index (χ0) is 43.1. The number of allylic oxidation sites excluding steroid dienone is 1. The van der Waals surface area contributed by atoms with Gasteiger partial charge in [0.2, 0.25) is 5.79 Å². The van der Waals surface area contributed by atoms with Gasteiger partial charge in [-0.05, 0) is 87.3 Å². The van der Waals surface area contributed by atoms with Crippen LogP contribution in [0.5, 0.6) is 17.2 Å². The van der Waals surface area contributed by atoms with Gasteiger partial charge in [-0.3, -0.25) is 15.0 Å². The first-order valence-corrected chi connectivity index (χ1v) is 20.7. The predicted molar refractivity (Wildman–Crippen MR) is 220 cm³/mol. The zero-order valence-corrected chi connectivity index (χ0v) is 34.4. The van der Waals surface area contributed by atoms with Gasteiger partial charge in [-0.15, -0.1) is 6.58 Å². The number of unbranched alkanes of at least 4 members (excludes halogenated alkanes) is 2. The van der Waals surface area contributed by atoms with Gasteiger partial charge in [0.05, 0.1) is 43.0 Å². The lowest BCUT2D eigenvalue weighted by molar-refractivity contribution is -0.384. The molecule has 0 radical (unpaired) electrons. The standard InChI is InChI=1S/C43H58N4O13/c1-4-23-56-43-38(46(19-24-55-25-22-50)42(52)59-31-15-13-30(14-16-31)47(53)54)28-36(45-57-6-3)34-26-29(11-7-9-20-48)33(12-8-10-21-49)39(40(34)43)35-27-32(17-18-37(35)60-43)58-41(51)44-5-2/h4,13-18,26-27,29,33,38-40,48-50H,1,5-12,19-25,28H2,2-3H3,(H,44,51). The van der Waals surface area contributed by atoms with Gasteiger partial charge in [-0.1, -0.05) is 30.1 Å². The molecule has 2 aromatic carbocycles. The molecule has 6 unspecified atom stereocenters. The van der Waals surface area contributed by atoms with E-state index in [1.165, 1.54) is 29.2 Å². The maximum atomic E-state index is 14.6. The van der Waals surface area contributed by atoms with E-state index in [1.807, 2.05) is 13.0 Å². The number of non-ortho nitro benzene ring substituents is 1. The van der Waals surface area contributed by atoms with Crippen LogP contribution in [-0.4, -0.2) is 114 Å². The Labute approximate surface area is 350 Å². The SMILES string of the molecule is C=CCOC12Oc3ccc(OC(=O)NCC)cc3C3C(CCCCO)C(CCCCO)C=C(C(=NOCC)CC1N(CCOCCO)C(=O)Oc1ccc([N+](=O)[O-])cc1)C32. The highest BCUT2D eigenvalue weighted by Gasteiger charge is 2.65. The fourth-order valence-corrected chi connectivity index (χ4v) is 8.64. The van der Waals surface area contributed by atoms with Crippen molar-refractivity contribution in [2.75, 3.05) is 59.3 Å². The number of rotatable bonds is 23. The summed E-state index contributed by atoms with van der Waals surface area (Å²) in [6.07, 6.45) is 6.51. The van der Waals surface area contributed by atoms with Gasteiger partial charge in [-0.2, -0.15) is 0 Å². The second-order valence-electron chi connectivity index (χ2n) is 14.8. The minimum Gasteiger partial charge on any atom is -0.459 e. The van der Waals surface area contributed by atoms with Crippen LogP contribution in [-0.2, 0) is 14.3 Å². The Hall–Kier alpha value is -5.07. The highest BCUT2D eigenvalue weighted by Crippen LogP contribution is 2.62. The number of nitro benzene ring substituents is 1. The van der Waals surface area contributed by atoms with E-state index in [4.69, 9.17) is 28.5 Å². The van der Waals surface area contributed by atoms with Gasteiger partial charge in [0.25, 0.3) is 5.69 Å². The highest BCUT2D eigenvalue weighted by molar-refractivity contribution is 6.03. The van der Waals surface area contributed by atoms with E-state index in [9.17, 15) is 35.0 Å². The van der Waals surface area contributed by atoms with E-state index in [-0.39, 0.29) is 88.4 Å². The van der Waals surface area contributed by atoms with Crippen molar-refractivity contribution in [1.29, 1.82) is 0 Å². The molecule has 1 heterocycles. The van der Waals surface area contributed by atoms with Crippen LogP contribution >= 0.6 is 0 Å². The predicted octanol–water partition coefficient (Wildman–Crippen LogP) is 5.87. The van der Waals surface area contributed by atoms with Crippen LogP contribution in [0.4, 0.5) is 15.3 Å². The number of aliphatic hydroxyl groups is 3. The normalized spacial score (nSPS) is 23.3. The van der Waals surface area contributed by atoms with Crippen molar-refractivity contribution in [2.24, 2.45) is 22.9 Å². The summed E-state index contributed by atoms with van der Waals surface area (Å²) < 4.78 is 31.4. The summed E-state index contributed by atoms with van der Waals surface area (Å²) in [5.41, 5.74) is 1.95. The molecular formula is C43H58N4O13. The number of benzene rings is 2. The lowest BCUT2D eigenvalue weighted by Gasteiger charge is -2.59. The molecule has 0 spiro atoms. The van der Waals surface area contributed by atoms with Crippen LogP contribution < -0.4 is 19.5 Å². The Morgan fingerprint density at radius 1 is 1.02 bits per heavy atom. The number of carbonyl (C=O) groups excluding carboxylic acids is 2. The number of nitrogens with zero attached hydrogens (tertiary/aromatic N) is 3. The number of hydrogen-bond donors (Lipinski definition) is 4. The molecule has 6 atom stereocenters. The molecule has 2 aliphatic carbocycles. The average molecular weight is 839 g/mol. The maximum absolute atomic E-state index is 14.6. The van der Waals surface area contributed by atoms with Crippen molar-refractivity contribution in [3.63, 3.8) is 0 Å². The van der Waals surface area contributed by atoms with Crippen LogP contribution in [0.1, 0.15) is 70.3 Å². The Morgan fingerprint density at radius 3 is 2.42 bits per heavy atom. The van der Waals surface area contributed by atoms with Crippen molar-refractivity contribution >= 4 is 23.6 Å². The number of amides is 2. The van der Waals surface area contributed by atoms with E-state index >= 15 is 0 Å². The molecule has 2 aromatic rings. The Morgan fingerprint density at radius 2 is 1.75 bits per heavy atom. The second-order valence-corrected chi connectivity index (χ2v) is 14.8. The van der Waals surface area contributed by atoms with Gasteiger partial charge in [0, 0.05) is 56.3 Å². The van der Waals surface area contributed by atoms with E-state index in [1.54, 1.807) is 25.1 Å². The zero-order valence-electron chi connectivity index (χ0n) is 34.4. The number of hydrogen-bond acceptors (Lipinski definition) is 14. The highest BCUT2D eigenvalue weighted by atomic mass is 16.7. The number of oxime groups is 1. The van der Waals surface area contributed by atoms with Gasteiger partial charge in [0.15, 0.2) is 0 Å². The summed E-state index contributed by atoms with van der Waals surface area (Å²) in [4.78, 5) is 45.3. The third-order valence-corrected chi connectivity index (χ3v) is 11.1. The summed E-state index contributed by atoms with van der Waals surface area (Å²) >= 11 is 0. The molecule has 17 nitrogen and oxygen atoms in total. The first-order chi connectivity index (χ1) is 29.2. The molecule has 17 heteroatoms. The number of aliphatic hydroxyl groups excluding tert-OH is 3. The molecule has 60 heavy (non-hydrogen) atoms. The monoisotopic (exact) mass is 838 g/mol. The minimum absolute atomic E-state index is 0.00743. The summed E-state index contributed by atoms with van der Waals surface area (Å²) in [6, 6.07) is 9.36. The van der Waals surface area contributed by atoms with Crippen molar-refractivity contribution in [3.05, 3.63) is 82.4 Å². The van der Waals surface area contributed by atoms with Crippen molar-refractivity contribution < 1.29 is 58.4 Å². The summed E-state index contributed by atoms with van der Waals surface area (Å²) in [6.45, 7) is 7.98. The molecule has 4 N–H and O–H groups in total. The largest absolute Gasteiger partial charge is 0.459 e. The molecule has 1 saturated carbocycles. The first kappa shape index (κ1) is 46.0. The molecule has 0 saturated heterocycles. The van der Waals surface area contributed by atoms with E-state index in [0.29, 0.717) is 49.4 Å². The molecule has 0 bridgehead atoms. The molecule has 2 amide bonds. The number of nitrogens with one attached hydrogen (secondary N) is 1.